The molecule has 1 heterocycles. The minimum atomic E-state index is -0.750. The Bertz CT molecular complexity index is 417. The first kappa shape index (κ1) is 17.1. The third-order valence-corrected chi connectivity index (χ3v) is 3.19. The molecule has 0 aliphatic heterocycles. The van der Waals surface area contributed by atoms with Gasteiger partial charge in [-0.25, -0.2) is 4.79 Å². The van der Waals surface area contributed by atoms with Crippen LogP contribution in [0, 0.1) is 0 Å². The molecule has 0 saturated carbocycles. The van der Waals surface area contributed by atoms with Crippen LogP contribution < -0.4 is 5.32 Å². The lowest BCUT2D eigenvalue weighted by atomic mass is 10.1. The van der Waals surface area contributed by atoms with Crippen LogP contribution in [0.1, 0.15) is 44.8 Å². The quantitative estimate of drug-likeness (QED) is 0.650. The van der Waals surface area contributed by atoms with E-state index in [2.05, 4.69) is 5.32 Å². The Morgan fingerprint density at radius 2 is 2.05 bits per heavy atom. The van der Waals surface area contributed by atoms with E-state index in [9.17, 15) is 9.59 Å². The van der Waals surface area contributed by atoms with Crippen molar-refractivity contribution in [1.82, 2.24) is 10.2 Å². The van der Waals surface area contributed by atoms with Crippen molar-refractivity contribution in [2.75, 3.05) is 13.1 Å². The molecule has 0 fully saturated rings. The van der Waals surface area contributed by atoms with E-state index in [0.29, 0.717) is 26.1 Å². The molecule has 6 nitrogen and oxygen atoms in total. The summed E-state index contributed by atoms with van der Waals surface area (Å²) >= 11 is 0. The van der Waals surface area contributed by atoms with Crippen LogP contribution in [-0.4, -0.2) is 35.1 Å². The maximum Gasteiger partial charge on any atom is 0.317 e. The first-order valence-corrected chi connectivity index (χ1v) is 7.40. The van der Waals surface area contributed by atoms with Crippen molar-refractivity contribution >= 4 is 12.0 Å². The minimum absolute atomic E-state index is 0.0977. The van der Waals surface area contributed by atoms with E-state index in [0.717, 1.165) is 25.0 Å². The van der Waals surface area contributed by atoms with Gasteiger partial charge in [0.05, 0.1) is 12.8 Å². The number of hydrogen-bond acceptors (Lipinski definition) is 3. The summed E-state index contributed by atoms with van der Waals surface area (Å²) < 4.78 is 5.24. The second-order valence-electron chi connectivity index (χ2n) is 4.88. The molecule has 2 N–H and O–H groups in total. The fourth-order valence-corrected chi connectivity index (χ4v) is 1.98. The van der Waals surface area contributed by atoms with E-state index in [1.54, 1.807) is 17.2 Å². The molecule has 21 heavy (non-hydrogen) atoms. The Balaban J connectivity index is 2.12. The van der Waals surface area contributed by atoms with Crippen molar-refractivity contribution in [3.8, 4) is 0 Å². The second-order valence-corrected chi connectivity index (χ2v) is 4.88. The number of aliphatic carboxylic acids is 1. The average Bonchev–Trinajstić information content (AvgIpc) is 2.96. The van der Waals surface area contributed by atoms with Gasteiger partial charge < -0.3 is 19.7 Å². The van der Waals surface area contributed by atoms with Crippen molar-refractivity contribution in [2.45, 2.75) is 45.6 Å². The van der Waals surface area contributed by atoms with E-state index in [1.807, 2.05) is 13.0 Å². The highest BCUT2D eigenvalue weighted by molar-refractivity contribution is 5.74. The highest BCUT2D eigenvalue weighted by atomic mass is 16.4. The fraction of sp³-hybridized carbons (Fsp3) is 0.600. The summed E-state index contributed by atoms with van der Waals surface area (Å²) in [7, 11) is 0. The summed E-state index contributed by atoms with van der Waals surface area (Å²) in [6.07, 6.45) is 5.19. The molecule has 0 radical (unpaired) electrons. The number of carbonyl (C=O) groups excluding carboxylic acids is 1. The topological polar surface area (TPSA) is 82.8 Å². The van der Waals surface area contributed by atoms with Gasteiger partial charge in [0.25, 0.3) is 0 Å². The smallest absolute Gasteiger partial charge is 0.317 e. The normalized spacial score (nSPS) is 10.3. The van der Waals surface area contributed by atoms with Crippen molar-refractivity contribution < 1.29 is 19.1 Å². The molecule has 0 saturated heterocycles. The molecule has 0 atom stereocenters. The SMILES string of the molecule is CCN(Cc1ccco1)C(=O)NCCCCCCC(=O)O. The number of rotatable bonds is 10. The van der Waals surface area contributed by atoms with E-state index < -0.39 is 5.97 Å². The Hall–Kier alpha value is -1.98. The molecule has 2 amide bonds. The van der Waals surface area contributed by atoms with Crippen LogP contribution in [0.25, 0.3) is 0 Å². The van der Waals surface area contributed by atoms with Crippen molar-refractivity contribution in [1.29, 1.82) is 0 Å². The molecule has 1 rings (SSSR count). The van der Waals surface area contributed by atoms with Crippen molar-refractivity contribution in [3.63, 3.8) is 0 Å². The molecule has 0 aliphatic rings. The molecule has 0 aromatic carbocycles. The van der Waals surface area contributed by atoms with Crippen LogP contribution in [0.4, 0.5) is 4.79 Å². The zero-order valence-corrected chi connectivity index (χ0v) is 12.5. The summed E-state index contributed by atoms with van der Waals surface area (Å²) in [5, 5.41) is 11.4. The van der Waals surface area contributed by atoms with Gasteiger partial charge in [-0.1, -0.05) is 12.8 Å². The maximum absolute atomic E-state index is 12.0. The predicted octanol–water partition coefficient (Wildman–Crippen LogP) is 2.85. The molecule has 0 spiro atoms. The number of amides is 2. The molecule has 1 aromatic heterocycles. The lowest BCUT2D eigenvalue weighted by Gasteiger charge is -2.20. The van der Waals surface area contributed by atoms with Gasteiger partial charge >= 0.3 is 12.0 Å². The molecular formula is C15H24N2O4. The Kier molecular flexibility index (Phi) is 8.01. The Morgan fingerprint density at radius 1 is 1.29 bits per heavy atom. The Labute approximate surface area is 125 Å². The highest BCUT2D eigenvalue weighted by Crippen LogP contribution is 2.06. The minimum Gasteiger partial charge on any atom is -0.481 e. The third-order valence-electron chi connectivity index (χ3n) is 3.19. The maximum atomic E-state index is 12.0. The standard InChI is InChI=1S/C15H24N2O4/c1-2-17(12-13-8-7-11-21-13)15(20)16-10-6-4-3-5-9-14(18)19/h7-8,11H,2-6,9-10,12H2,1H3,(H,16,20)(H,18,19). The highest BCUT2D eigenvalue weighted by Gasteiger charge is 2.12. The van der Waals surface area contributed by atoms with Crippen LogP contribution in [0.2, 0.25) is 0 Å². The average molecular weight is 296 g/mol. The van der Waals surface area contributed by atoms with Crippen LogP contribution in [0.15, 0.2) is 22.8 Å². The van der Waals surface area contributed by atoms with E-state index in [-0.39, 0.29) is 12.5 Å². The molecule has 0 unspecified atom stereocenters. The van der Waals surface area contributed by atoms with Crippen LogP contribution in [0.3, 0.4) is 0 Å². The van der Waals surface area contributed by atoms with Crippen LogP contribution in [-0.2, 0) is 11.3 Å². The van der Waals surface area contributed by atoms with Gasteiger partial charge in [0, 0.05) is 19.5 Å². The summed E-state index contributed by atoms with van der Waals surface area (Å²) in [5.74, 6) is 0.0143. The molecule has 6 heteroatoms. The third kappa shape index (κ3) is 7.39. The predicted molar refractivity (Wildman–Crippen MR) is 78.9 cm³/mol. The fourth-order valence-electron chi connectivity index (χ4n) is 1.98. The number of carboxylic acids is 1. The van der Waals surface area contributed by atoms with Gasteiger partial charge in [0.15, 0.2) is 0 Å². The monoisotopic (exact) mass is 296 g/mol. The molecular weight excluding hydrogens is 272 g/mol. The number of unbranched alkanes of at least 4 members (excludes halogenated alkanes) is 3. The number of furan rings is 1. The summed E-state index contributed by atoms with van der Waals surface area (Å²) in [5.41, 5.74) is 0. The van der Waals surface area contributed by atoms with Gasteiger partial charge in [-0.15, -0.1) is 0 Å². The van der Waals surface area contributed by atoms with E-state index in [4.69, 9.17) is 9.52 Å². The number of carboxylic acid groups (broad SMARTS) is 1. The Morgan fingerprint density at radius 3 is 2.67 bits per heavy atom. The zero-order chi connectivity index (χ0) is 15.5. The number of urea groups is 1. The molecule has 0 aliphatic carbocycles. The van der Waals surface area contributed by atoms with Gasteiger partial charge in [0.2, 0.25) is 0 Å². The van der Waals surface area contributed by atoms with Gasteiger partial charge in [0.1, 0.15) is 5.76 Å². The molecule has 118 valence electrons. The first-order chi connectivity index (χ1) is 10.1. The van der Waals surface area contributed by atoms with Gasteiger partial charge in [-0.3, -0.25) is 4.79 Å². The lowest BCUT2D eigenvalue weighted by Crippen LogP contribution is -2.39. The zero-order valence-electron chi connectivity index (χ0n) is 12.5. The summed E-state index contributed by atoms with van der Waals surface area (Å²) in [6.45, 7) is 3.62. The van der Waals surface area contributed by atoms with Crippen LogP contribution >= 0.6 is 0 Å². The van der Waals surface area contributed by atoms with Crippen molar-refractivity contribution in [2.24, 2.45) is 0 Å². The lowest BCUT2D eigenvalue weighted by molar-refractivity contribution is -0.137. The summed E-state index contributed by atoms with van der Waals surface area (Å²) in [6, 6.07) is 3.55. The number of nitrogens with zero attached hydrogens (tertiary/aromatic N) is 1. The first-order valence-electron chi connectivity index (χ1n) is 7.40. The van der Waals surface area contributed by atoms with Crippen molar-refractivity contribution in [3.05, 3.63) is 24.2 Å². The second kappa shape index (κ2) is 9.85. The van der Waals surface area contributed by atoms with Gasteiger partial charge in [-0.05, 0) is 31.9 Å². The number of carbonyl (C=O) groups is 2. The number of nitrogens with one attached hydrogen (secondary N) is 1. The molecule has 1 aromatic rings. The molecule has 0 bridgehead atoms. The number of hydrogen-bond donors (Lipinski definition) is 2. The van der Waals surface area contributed by atoms with E-state index >= 15 is 0 Å². The van der Waals surface area contributed by atoms with E-state index in [1.165, 1.54) is 0 Å². The largest absolute Gasteiger partial charge is 0.481 e. The summed E-state index contributed by atoms with van der Waals surface area (Å²) in [4.78, 5) is 24.0. The van der Waals surface area contributed by atoms with Gasteiger partial charge in [-0.2, -0.15) is 0 Å². The van der Waals surface area contributed by atoms with Crippen LogP contribution in [0.5, 0.6) is 0 Å².